The third-order valence-electron chi connectivity index (χ3n) is 9.68. The first-order chi connectivity index (χ1) is 15.9. The standard InChI is InChI=1S/C27H31FO6/c1-15-12-20-19-8-7-17-13-18(30)9-10-24(17,3)26(19,28)22(31)14-25(20,4)27(15,16(2)29)34-23(32)21-6-5-11-33-21/h5-6,9-11,13,15,19-20,22,31H,7-8,12,14H2,1-4H3/t15?,19-,20-,22?,24-,25-,26-,27-/m0/s1. The number of furan rings is 1. The summed E-state index contributed by atoms with van der Waals surface area (Å²) >= 11 is 0. The zero-order valence-corrected chi connectivity index (χ0v) is 20.0. The summed E-state index contributed by atoms with van der Waals surface area (Å²) in [6, 6.07) is 3.04. The van der Waals surface area contributed by atoms with Crippen molar-refractivity contribution in [3.05, 3.63) is 48.0 Å². The highest BCUT2D eigenvalue weighted by molar-refractivity contribution is 6.01. The summed E-state index contributed by atoms with van der Waals surface area (Å²) < 4.78 is 28.5. The first-order valence-corrected chi connectivity index (χ1v) is 12.0. The van der Waals surface area contributed by atoms with E-state index < -0.39 is 40.1 Å². The Hall–Kier alpha value is -2.54. The maximum absolute atomic E-state index is 17.3. The number of Topliss-reactive ketones (excluding diaryl/α,β-unsaturated/α-hetero) is 1. The van der Waals surface area contributed by atoms with Crippen molar-refractivity contribution in [2.45, 2.75) is 70.8 Å². The molecule has 0 spiro atoms. The molecule has 0 radical (unpaired) electrons. The number of alkyl halides is 1. The minimum absolute atomic E-state index is 0.00645. The molecule has 2 unspecified atom stereocenters. The number of esters is 1. The van der Waals surface area contributed by atoms with E-state index in [1.54, 1.807) is 19.1 Å². The van der Waals surface area contributed by atoms with Gasteiger partial charge in [0.15, 0.2) is 22.8 Å². The van der Waals surface area contributed by atoms with E-state index >= 15 is 4.39 Å². The lowest BCUT2D eigenvalue weighted by molar-refractivity contribution is -0.218. The smallest absolute Gasteiger partial charge is 0.375 e. The van der Waals surface area contributed by atoms with E-state index in [1.807, 2.05) is 13.8 Å². The number of hydrogen-bond donors (Lipinski definition) is 1. The van der Waals surface area contributed by atoms with Gasteiger partial charge in [0.05, 0.1) is 12.4 Å². The number of fused-ring (bicyclic) bond motifs is 5. The highest BCUT2D eigenvalue weighted by Gasteiger charge is 2.76. The number of allylic oxidation sites excluding steroid dienone is 4. The lowest BCUT2D eigenvalue weighted by Crippen LogP contribution is -2.69. The van der Waals surface area contributed by atoms with Crippen LogP contribution in [0.25, 0.3) is 0 Å². The number of ketones is 2. The molecule has 1 aromatic rings. The van der Waals surface area contributed by atoms with Gasteiger partial charge in [0.25, 0.3) is 0 Å². The van der Waals surface area contributed by atoms with E-state index in [4.69, 9.17) is 9.15 Å². The van der Waals surface area contributed by atoms with Crippen LogP contribution in [-0.4, -0.2) is 40.0 Å². The fourth-order valence-corrected chi connectivity index (χ4v) is 8.16. The molecule has 8 atom stereocenters. The van der Waals surface area contributed by atoms with E-state index in [0.717, 1.165) is 0 Å². The Morgan fingerprint density at radius 2 is 2.00 bits per heavy atom. The summed E-state index contributed by atoms with van der Waals surface area (Å²) in [5, 5.41) is 11.5. The fourth-order valence-electron chi connectivity index (χ4n) is 8.16. The molecular weight excluding hydrogens is 439 g/mol. The average molecular weight is 471 g/mol. The van der Waals surface area contributed by atoms with Crippen LogP contribution in [0.5, 0.6) is 0 Å². The Kier molecular flexibility index (Phi) is 4.94. The maximum Gasteiger partial charge on any atom is 0.375 e. The number of rotatable bonds is 3. The zero-order valence-electron chi connectivity index (χ0n) is 20.0. The molecule has 4 aliphatic carbocycles. The molecule has 3 fully saturated rings. The van der Waals surface area contributed by atoms with Gasteiger partial charge in [-0.3, -0.25) is 9.59 Å². The van der Waals surface area contributed by atoms with Crippen LogP contribution in [0.4, 0.5) is 4.39 Å². The minimum Gasteiger partial charge on any atom is -0.457 e. The Morgan fingerprint density at radius 1 is 1.26 bits per heavy atom. The molecule has 1 N–H and O–H groups in total. The third kappa shape index (κ3) is 2.62. The van der Waals surface area contributed by atoms with Gasteiger partial charge < -0.3 is 14.3 Å². The van der Waals surface area contributed by atoms with Gasteiger partial charge in [-0.05, 0) is 69.7 Å². The van der Waals surface area contributed by atoms with Crippen LogP contribution < -0.4 is 0 Å². The van der Waals surface area contributed by atoms with Crippen molar-refractivity contribution in [3.63, 3.8) is 0 Å². The van der Waals surface area contributed by atoms with Crippen LogP contribution in [0.2, 0.25) is 0 Å². The zero-order chi connectivity index (χ0) is 24.7. The first-order valence-electron chi connectivity index (χ1n) is 12.0. The number of aliphatic hydroxyl groups is 1. The molecule has 7 heteroatoms. The maximum atomic E-state index is 17.3. The Labute approximate surface area is 198 Å². The van der Waals surface area contributed by atoms with Crippen molar-refractivity contribution >= 4 is 17.5 Å². The van der Waals surface area contributed by atoms with E-state index in [-0.39, 0.29) is 35.6 Å². The van der Waals surface area contributed by atoms with Crippen LogP contribution in [-0.2, 0) is 14.3 Å². The molecule has 0 aliphatic heterocycles. The molecule has 34 heavy (non-hydrogen) atoms. The van der Waals surface area contributed by atoms with E-state index in [9.17, 15) is 19.5 Å². The largest absolute Gasteiger partial charge is 0.457 e. The normalized spacial score (nSPS) is 45.1. The molecule has 4 aliphatic rings. The third-order valence-corrected chi connectivity index (χ3v) is 9.68. The minimum atomic E-state index is -2.00. The van der Waals surface area contributed by atoms with Gasteiger partial charge in [0.2, 0.25) is 5.76 Å². The summed E-state index contributed by atoms with van der Waals surface area (Å²) in [5.41, 5.74) is -4.89. The number of hydrogen-bond acceptors (Lipinski definition) is 6. The molecule has 182 valence electrons. The summed E-state index contributed by atoms with van der Waals surface area (Å²) in [5.74, 6) is -2.46. The highest BCUT2D eigenvalue weighted by atomic mass is 19.1. The predicted molar refractivity (Wildman–Crippen MR) is 120 cm³/mol. The number of carbonyl (C=O) groups excluding carboxylic acids is 3. The number of halogens is 1. The van der Waals surface area contributed by atoms with Gasteiger partial charge in [-0.15, -0.1) is 0 Å². The van der Waals surface area contributed by atoms with E-state index in [2.05, 4.69) is 0 Å². The molecule has 0 bridgehead atoms. The quantitative estimate of drug-likeness (QED) is 0.659. The topological polar surface area (TPSA) is 93.8 Å². The van der Waals surface area contributed by atoms with Crippen LogP contribution in [0.1, 0.15) is 63.9 Å². The molecule has 1 aromatic heterocycles. The average Bonchev–Trinajstić information content (AvgIpc) is 3.37. The van der Waals surface area contributed by atoms with Gasteiger partial charge in [0, 0.05) is 22.7 Å². The van der Waals surface area contributed by atoms with Crippen LogP contribution >= 0.6 is 0 Å². The van der Waals surface area contributed by atoms with Crippen molar-refractivity contribution < 1.29 is 33.0 Å². The van der Waals surface area contributed by atoms with Gasteiger partial charge in [-0.25, -0.2) is 9.18 Å². The second-order valence-corrected chi connectivity index (χ2v) is 11.1. The van der Waals surface area contributed by atoms with Gasteiger partial charge in [-0.1, -0.05) is 25.5 Å². The number of ether oxygens (including phenoxy) is 1. The second-order valence-electron chi connectivity index (χ2n) is 11.1. The fraction of sp³-hybridized carbons (Fsp3) is 0.593. The van der Waals surface area contributed by atoms with E-state index in [1.165, 1.54) is 31.4 Å². The molecule has 0 saturated heterocycles. The SMILES string of the molecule is CC(=O)[C@@]1(OC(=O)c2ccco2)C(C)C[C@H]2[C@@H]3CCC4=CC(=O)C=C[C@]4(C)[C@@]3(F)C(O)C[C@@]21C. The van der Waals surface area contributed by atoms with Crippen LogP contribution in [0.15, 0.2) is 46.6 Å². The van der Waals surface area contributed by atoms with Crippen molar-refractivity contribution in [1.82, 2.24) is 0 Å². The van der Waals surface area contributed by atoms with Crippen LogP contribution in [0.3, 0.4) is 0 Å². The van der Waals surface area contributed by atoms with Gasteiger partial charge in [-0.2, -0.15) is 0 Å². The molecular formula is C27H31FO6. The van der Waals surface area contributed by atoms with Crippen molar-refractivity contribution in [1.29, 1.82) is 0 Å². The summed E-state index contributed by atoms with van der Waals surface area (Å²) in [6.07, 6.45) is 5.88. The Morgan fingerprint density at radius 3 is 2.65 bits per heavy atom. The lowest BCUT2D eigenvalue weighted by atomic mass is 9.44. The second kappa shape index (κ2) is 7.23. The number of aliphatic hydroxyl groups excluding tert-OH is 1. The van der Waals surface area contributed by atoms with Gasteiger partial charge >= 0.3 is 5.97 Å². The predicted octanol–water partition coefficient (Wildman–Crippen LogP) is 4.38. The molecule has 0 aromatic carbocycles. The Bertz CT molecular complexity index is 1120. The van der Waals surface area contributed by atoms with Crippen molar-refractivity contribution in [2.24, 2.45) is 28.6 Å². The van der Waals surface area contributed by atoms with Crippen LogP contribution in [0, 0.1) is 28.6 Å². The highest BCUT2D eigenvalue weighted by Crippen LogP contribution is 2.71. The molecule has 6 nitrogen and oxygen atoms in total. The van der Waals surface area contributed by atoms with Crippen molar-refractivity contribution in [3.8, 4) is 0 Å². The lowest BCUT2D eigenvalue weighted by Gasteiger charge is -2.62. The van der Waals surface area contributed by atoms with Crippen molar-refractivity contribution in [2.75, 3.05) is 0 Å². The monoisotopic (exact) mass is 470 g/mol. The molecule has 3 saturated carbocycles. The Balaban J connectivity index is 1.60. The van der Waals surface area contributed by atoms with Gasteiger partial charge in [0.1, 0.15) is 0 Å². The molecule has 5 rings (SSSR count). The summed E-state index contributed by atoms with van der Waals surface area (Å²) in [4.78, 5) is 38.3. The summed E-state index contributed by atoms with van der Waals surface area (Å²) in [7, 11) is 0. The number of carbonyl (C=O) groups is 3. The molecule has 0 amide bonds. The van der Waals surface area contributed by atoms with E-state index in [0.29, 0.717) is 24.8 Å². The molecule has 1 heterocycles. The summed E-state index contributed by atoms with van der Waals surface area (Å²) in [6.45, 7) is 6.88. The first kappa shape index (κ1) is 23.2.